The number of thioether (sulfide) groups is 1. The van der Waals surface area contributed by atoms with E-state index in [1.54, 1.807) is 36.9 Å². The smallest absolute Gasteiger partial charge is 0.234 e. The maximum Gasteiger partial charge on any atom is 0.234 e. The Kier molecular flexibility index (Phi) is 6.43. The van der Waals surface area contributed by atoms with Gasteiger partial charge in [-0.05, 0) is 36.4 Å². The molecule has 0 saturated carbocycles. The van der Waals surface area contributed by atoms with E-state index in [1.807, 2.05) is 0 Å². The summed E-state index contributed by atoms with van der Waals surface area (Å²) in [7, 11) is 3.35. The van der Waals surface area contributed by atoms with Crippen LogP contribution in [0, 0.1) is 5.82 Å². The van der Waals surface area contributed by atoms with Gasteiger partial charge in [0.2, 0.25) is 5.91 Å². The molecule has 1 amide bonds. The minimum absolute atomic E-state index is 0.0566. The molecule has 1 heterocycles. The van der Waals surface area contributed by atoms with E-state index in [4.69, 9.17) is 27.9 Å². The Morgan fingerprint density at radius 2 is 2.04 bits per heavy atom. The molecule has 28 heavy (non-hydrogen) atoms. The highest BCUT2D eigenvalue weighted by molar-refractivity contribution is 7.99. The largest absolute Gasteiger partial charge is 0.496 e. The van der Waals surface area contributed by atoms with Gasteiger partial charge in [0, 0.05) is 17.8 Å². The van der Waals surface area contributed by atoms with Crippen LogP contribution in [0.25, 0.3) is 11.4 Å². The number of hydrogen-bond donors (Lipinski definition) is 1. The van der Waals surface area contributed by atoms with Crippen molar-refractivity contribution in [2.45, 2.75) is 5.16 Å². The van der Waals surface area contributed by atoms with Gasteiger partial charge < -0.3 is 14.6 Å². The molecule has 0 unspecified atom stereocenters. The quantitative estimate of drug-likeness (QED) is 0.564. The molecule has 0 aliphatic rings. The van der Waals surface area contributed by atoms with E-state index in [-0.39, 0.29) is 16.7 Å². The van der Waals surface area contributed by atoms with Crippen LogP contribution in [0.4, 0.5) is 10.1 Å². The number of nitrogens with zero attached hydrogens (tertiary/aromatic N) is 3. The summed E-state index contributed by atoms with van der Waals surface area (Å²) >= 11 is 13.0. The molecular formula is C18H15Cl2FN4O2S. The molecule has 0 atom stereocenters. The van der Waals surface area contributed by atoms with E-state index in [2.05, 4.69) is 15.5 Å². The summed E-state index contributed by atoms with van der Waals surface area (Å²) in [6, 6.07) is 9.20. The van der Waals surface area contributed by atoms with Gasteiger partial charge in [-0.3, -0.25) is 4.79 Å². The van der Waals surface area contributed by atoms with Crippen LogP contribution in [0.1, 0.15) is 0 Å². The Hall–Kier alpha value is -2.29. The zero-order chi connectivity index (χ0) is 20.3. The highest BCUT2D eigenvalue weighted by Gasteiger charge is 2.17. The molecule has 0 bridgehead atoms. The van der Waals surface area contributed by atoms with Crippen molar-refractivity contribution < 1.29 is 13.9 Å². The lowest BCUT2D eigenvalue weighted by Crippen LogP contribution is -2.14. The maximum atomic E-state index is 13.2. The van der Waals surface area contributed by atoms with Crippen LogP contribution in [-0.2, 0) is 11.8 Å². The molecule has 146 valence electrons. The molecule has 0 aliphatic carbocycles. The number of anilines is 1. The summed E-state index contributed by atoms with van der Waals surface area (Å²) in [5.74, 6) is 0.442. The fourth-order valence-corrected chi connectivity index (χ4v) is 3.49. The van der Waals surface area contributed by atoms with Crippen molar-refractivity contribution in [1.82, 2.24) is 14.8 Å². The zero-order valence-corrected chi connectivity index (χ0v) is 17.2. The van der Waals surface area contributed by atoms with Crippen LogP contribution in [0.5, 0.6) is 5.75 Å². The molecule has 3 aromatic rings. The molecule has 3 rings (SSSR count). The van der Waals surface area contributed by atoms with E-state index in [1.165, 1.54) is 30.0 Å². The second-order valence-electron chi connectivity index (χ2n) is 5.68. The molecule has 0 radical (unpaired) electrons. The molecular weight excluding hydrogens is 426 g/mol. The summed E-state index contributed by atoms with van der Waals surface area (Å²) < 4.78 is 20.3. The van der Waals surface area contributed by atoms with Crippen LogP contribution in [-0.4, -0.2) is 33.5 Å². The average Bonchev–Trinajstić information content (AvgIpc) is 3.03. The molecule has 2 aromatic carbocycles. The van der Waals surface area contributed by atoms with Gasteiger partial charge in [-0.2, -0.15) is 0 Å². The number of methoxy groups -OCH3 is 1. The first-order valence-corrected chi connectivity index (χ1v) is 9.74. The van der Waals surface area contributed by atoms with Crippen LogP contribution >= 0.6 is 35.0 Å². The second kappa shape index (κ2) is 8.81. The molecule has 0 saturated heterocycles. The fraction of sp³-hybridized carbons (Fsp3) is 0.167. The van der Waals surface area contributed by atoms with Crippen LogP contribution < -0.4 is 10.1 Å². The standard InChI is InChI=1S/C18H15Cl2FN4O2S/c1-25-17(12-7-10(19)3-6-15(12)27-2)23-24-18(25)28-9-16(26)22-11-4-5-14(21)13(20)8-11/h3-8H,9H2,1-2H3,(H,22,26). The molecule has 0 spiro atoms. The number of hydrogen-bond acceptors (Lipinski definition) is 5. The van der Waals surface area contributed by atoms with Gasteiger partial charge in [0.15, 0.2) is 11.0 Å². The minimum atomic E-state index is -0.544. The van der Waals surface area contributed by atoms with Gasteiger partial charge in [-0.15, -0.1) is 10.2 Å². The predicted octanol–water partition coefficient (Wildman–Crippen LogP) is 4.67. The third kappa shape index (κ3) is 4.57. The summed E-state index contributed by atoms with van der Waals surface area (Å²) in [5, 5.41) is 12.0. The SMILES string of the molecule is COc1ccc(Cl)cc1-c1nnc(SCC(=O)Nc2ccc(F)c(Cl)c2)n1C. The minimum Gasteiger partial charge on any atom is -0.496 e. The van der Waals surface area contributed by atoms with Gasteiger partial charge in [0.05, 0.1) is 23.4 Å². The fourth-order valence-electron chi connectivity index (χ4n) is 2.43. The van der Waals surface area contributed by atoms with E-state index in [9.17, 15) is 9.18 Å². The maximum absolute atomic E-state index is 13.2. The lowest BCUT2D eigenvalue weighted by atomic mass is 10.2. The van der Waals surface area contributed by atoms with Crippen molar-refractivity contribution in [3.8, 4) is 17.1 Å². The van der Waals surface area contributed by atoms with E-state index in [0.29, 0.717) is 33.0 Å². The molecule has 0 fully saturated rings. The summed E-state index contributed by atoms with van der Waals surface area (Å²) in [6.45, 7) is 0. The van der Waals surface area contributed by atoms with Gasteiger partial charge in [-0.25, -0.2) is 4.39 Å². The summed E-state index contributed by atoms with van der Waals surface area (Å²) in [4.78, 5) is 12.2. The van der Waals surface area contributed by atoms with Crippen molar-refractivity contribution in [3.63, 3.8) is 0 Å². The number of aromatic nitrogens is 3. The molecule has 0 aliphatic heterocycles. The molecule has 10 heteroatoms. The first-order valence-electron chi connectivity index (χ1n) is 8.00. The van der Waals surface area contributed by atoms with Crippen molar-refractivity contribution in [2.75, 3.05) is 18.2 Å². The summed E-state index contributed by atoms with van der Waals surface area (Å²) in [5.41, 5.74) is 1.11. The number of ether oxygens (including phenoxy) is 1. The second-order valence-corrected chi connectivity index (χ2v) is 7.46. The van der Waals surface area contributed by atoms with Gasteiger partial charge in [-0.1, -0.05) is 35.0 Å². The summed E-state index contributed by atoms with van der Waals surface area (Å²) in [6.07, 6.45) is 0. The number of rotatable bonds is 6. The monoisotopic (exact) mass is 440 g/mol. The highest BCUT2D eigenvalue weighted by atomic mass is 35.5. The topological polar surface area (TPSA) is 69.0 Å². The number of carbonyl (C=O) groups excluding carboxylic acids is 1. The van der Waals surface area contributed by atoms with Crippen LogP contribution in [0.3, 0.4) is 0 Å². The van der Waals surface area contributed by atoms with E-state index < -0.39 is 5.82 Å². The normalized spacial score (nSPS) is 10.8. The lowest BCUT2D eigenvalue weighted by molar-refractivity contribution is -0.113. The number of amides is 1. The molecule has 1 N–H and O–H groups in total. The zero-order valence-electron chi connectivity index (χ0n) is 14.9. The van der Waals surface area contributed by atoms with Gasteiger partial charge >= 0.3 is 0 Å². The molecule has 6 nitrogen and oxygen atoms in total. The number of benzene rings is 2. The van der Waals surface area contributed by atoms with Crippen LogP contribution in [0.2, 0.25) is 10.0 Å². The number of halogens is 3. The lowest BCUT2D eigenvalue weighted by Gasteiger charge is -2.09. The molecule has 1 aromatic heterocycles. The van der Waals surface area contributed by atoms with Gasteiger partial charge in [0.25, 0.3) is 0 Å². The Labute approximate surface area is 175 Å². The predicted molar refractivity (Wildman–Crippen MR) is 109 cm³/mol. The van der Waals surface area contributed by atoms with Crippen molar-refractivity contribution in [3.05, 3.63) is 52.3 Å². The first-order chi connectivity index (χ1) is 13.4. The number of nitrogens with one attached hydrogen (secondary N) is 1. The van der Waals surface area contributed by atoms with E-state index >= 15 is 0 Å². The Morgan fingerprint density at radius 1 is 1.25 bits per heavy atom. The van der Waals surface area contributed by atoms with Crippen molar-refractivity contribution in [2.24, 2.45) is 7.05 Å². The third-order valence-corrected chi connectivity index (χ3v) is 5.32. The van der Waals surface area contributed by atoms with E-state index in [0.717, 1.165) is 0 Å². The Bertz CT molecular complexity index is 1030. The highest BCUT2D eigenvalue weighted by Crippen LogP contribution is 2.32. The van der Waals surface area contributed by atoms with Crippen LogP contribution in [0.15, 0.2) is 41.6 Å². The average molecular weight is 441 g/mol. The Morgan fingerprint density at radius 3 is 2.75 bits per heavy atom. The first kappa shape index (κ1) is 20.4. The van der Waals surface area contributed by atoms with Gasteiger partial charge in [0.1, 0.15) is 11.6 Å². The van der Waals surface area contributed by atoms with Crippen molar-refractivity contribution in [1.29, 1.82) is 0 Å². The Balaban J connectivity index is 1.70. The van der Waals surface area contributed by atoms with Crippen molar-refractivity contribution >= 4 is 46.6 Å². The number of carbonyl (C=O) groups is 1. The third-order valence-electron chi connectivity index (χ3n) is 3.77.